The summed E-state index contributed by atoms with van der Waals surface area (Å²) in [7, 11) is 5.20. The fraction of sp³-hybridized carbons (Fsp3) is 0.154. The highest BCUT2D eigenvalue weighted by molar-refractivity contribution is 6.38. The highest BCUT2D eigenvalue weighted by Crippen LogP contribution is 2.39. The number of methoxy groups -OCH3 is 1. The van der Waals surface area contributed by atoms with Crippen LogP contribution in [0, 0.1) is 0 Å². The van der Waals surface area contributed by atoms with Gasteiger partial charge in [-0.3, -0.25) is 4.79 Å². The number of nitrogens with zero attached hydrogens (tertiary/aromatic N) is 1. The van der Waals surface area contributed by atoms with Crippen molar-refractivity contribution in [3.05, 3.63) is 93.0 Å². The molecule has 3 aromatic rings. The molecule has 0 radical (unpaired) electrons. The van der Waals surface area contributed by atoms with E-state index >= 15 is 0 Å². The van der Waals surface area contributed by atoms with Crippen LogP contribution in [0.15, 0.2) is 60.7 Å². The predicted octanol–water partition coefficient (Wildman–Crippen LogP) is 5.77. The molecule has 34 heavy (non-hydrogen) atoms. The van der Waals surface area contributed by atoms with Crippen LogP contribution in [0.25, 0.3) is 11.3 Å². The van der Waals surface area contributed by atoms with Crippen molar-refractivity contribution in [1.82, 2.24) is 4.90 Å². The van der Waals surface area contributed by atoms with Crippen LogP contribution < -0.4 is 10.6 Å². The van der Waals surface area contributed by atoms with E-state index in [-0.39, 0.29) is 5.91 Å². The number of anilines is 2. The molecule has 0 atom stereocenters. The number of carbonyl (C=O) groups excluding carboxylic acids is 2. The minimum absolute atomic E-state index is 0.287. The second-order valence-corrected chi connectivity index (χ2v) is 8.92. The van der Waals surface area contributed by atoms with E-state index < -0.39 is 5.97 Å². The number of ether oxygens (including phenoxy) is 1. The van der Waals surface area contributed by atoms with Crippen molar-refractivity contribution in [2.45, 2.75) is 6.54 Å². The monoisotopic (exact) mass is 495 g/mol. The lowest BCUT2D eigenvalue weighted by atomic mass is 9.99. The van der Waals surface area contributed by atoms with Gasteiger partial charge < -0.3 is 20.3 Å². The van der Waals surface area contributed by atoms with Crippen molar-refractivity contribution in [1.29, 1.82) is 0 Å². The summed E-state index contributed by atoms with van der Waals surface area (Å²) in [4.78, 5) is 27.0. The van der Waals surface area contributed by atoms with Crippen LogP contribution in [0.5, 0.6) is 0 Å². The van der Waals surface area contributed by atoms with Crippen molar-refractivity contribution in [3.8, 4) is 0 Å². The van der Waals surface area contributed by atoms with Crippen LogP contribution in [-0.4, -0.2) is 38.0 Å². The molecule has 0 aromatic heterocycles. The minimum atomic E-state index is -0.474. The third kappa shape index (κ3) is 4.80. The molecule has 0 saturated carbocycles. The van der Waals surface area contributed by atoms with Gasteiger partial charge in [-0.15, -0.1) is 0 Å². The number of fused-ring (bicyclic) bond motifs is 1. The normalized spacial score (nSPS) is 14.0. The fourth-order valence-electron chi connectivity index (χ4n) is 3.84. The van der Waals surface area contributed by atoms with Crippen LogP contribution in [-0.2, 0) is 16.1 Å². The molecular weight excluding hydrogens is 473 g/mol. The summed E-state index contributed by atoms with van der Waals surface area (Å²) in [6.45, 7) is 0.600. The van der Waals surface area contributed by atoms with Gasteiger partial charge >= 0.3 is 5.97 Å². The highest BCUT2D eigenvalue weighted by atomic mass is 35.5. The molecular formula is C26H23Cl2N3O3. The molecule has 174 valence electrons. The van der Waals surface area contributed by atoms with Gasteiger partial charge in [-0.25, -0.2) is 4.79 Å². The largest absolute Gasteiger partial charge is 0.465 e. The van der Waals surface area contributed by atoms with E-state index in [9.17, 15) is 9.59 Å². The summed E-state index contributed by atoms with van der Waals surface area (Å²) < 4.78 is 4.80. The van der Waals surface area contributed by atoms with E-state index in [0.717, 1.165) is 11.1 Å². The first-order valence-corrected chi connectivity index (χ1v) is 11.3. The first-order valence-electron chi connectivity index (χ1n) is 10.5. The third-order valence-corrected chi connectivity index (χ3v) is 6.06. The van der Waals surface area contributed by atoms with Gasteiger partial charge in [0.25, 0.3) is 5.91 Å². The number of rotatable bonds is 6. The maximum atomic E-state index is 13.1. The Morgan fingerprint density at radius 2 is 1.68 bits per heavy atom. The number of amides is 1. The van der Waals surface area contributed by atoms with E-state index in [1.165, 1.54) is 7.11 Å². The average Bonchev–Trinajstić information content (AvgIpc) is 3.14. The topological polar surface area (TPSA) is 70.7 Å². The van der Waals surface area contributed by atoms with Gasteiger partial charge in [0.05, 0.1) is 29.6 Å². The van der Waals surface area contributed by atoms with Crippen molar-refractivity contribution in [3.63, 3.8) is 0 Å². The fourth-order valence-corrected chi connectivity index (χ4v) is 4.44. The molecule has 6 nitrogen and oxygen atoms in total. The van der Waals surface area contributed by atoms with E-state index in [0.29, 0.717) is 50.4 Å². The Morgan fingerprint density at radius 1 is 1.00 bits per heavy atom. The molecule has 0 aliphatic carbocycles. The molecule has 1 heterocycles. The lowest BCUT2D eigenvalue weighted by Gasteiger charge is -2.18. The standard InChI is InChI=1S/C26H23Cl2N3O3/c1-31(2)14-19-20(27)12-17(13-21(19)28)29-24(15-7-5-4-6-8-15)23-18-10-9-16(26(33)34-3)11-22(18)30-25(23)32/h4-13,29H,14H2,1-3H3,(H,30,32)/b24-23-. The first-order chi connectivity index (χ1) is 16.3. The van der Waals surface area contributed by atoms with Gasteiger partial charge in [0.1, 0.15) is 0 Å². The summed E-state index contributed by atoms with van der Waals surface area (Å²) in [6.07, 6.45) is 0. The van der Waals surface area contributed by atoms with E-state index in [2.05, 4.69) is 10.6 Å². The Kier molecular flexibility index (Phi) is 6.93. The molecule has 0 saturated heterocycles. The zero-order valence-electron chi connectivity index (χ0n) is 18.9. The predicted molar refractivity (Wildman–Crippen MR) is 137 cm³/mol. The SMILES string of the molecule is COC(=O)c1ccc2c(c1)NC(=O)/C2=C(\Nc1cc(Cl)c(CN(C)C)c(Cl)c1)c1ccccc1. The van der Waals surface area contributed by atoms with E-state index in [4.69, 9.17) is 27.9 Å². The molecule has 3 aromatic carbocycles. The lowest BCUT2D eigenvalue weighted by molar-refractivity contribution is -0.110. The molecule has 0 fully saturated rings. The van der Waals surface area contributed by atoms with Crippen molar-refractivity contribution >= 4 is 57.7 Å². The number of esters is 1. The van der Waals surface area contributed by atoms with Gasteiger partial charge in [-0.1, -0.05) is 59.6 Å². The Morgan fingerprint density at radius 3 is 2.29 bits per heavy atom. The van der Waals surface area contributed by atoms with E-state index in [1.807, 2.05) is 49.3 Å². The van der Waals surface area contributed by atoms with Crippen LogP contribution in [0.3, 0.4) is 0 Å². The smallest absolute Gasteiger partial charge is 0.337 e. The maximum Gasteiger partial charge on any atom is 0.337 e. The molecule has 0 spiro atoms. The number of halogens is 2. The van der Waals surface area contributed by atoms with Crippen molar-refractivity contribution in [2.75, 3.05) is 31.8 Å². The van der Waals surface area contributed by atoms with Gasteiger partial charge in [-0.2, -0.15) is 0 Å². The number of carbonyl (C=O) groups is 2. The average molecular weight is 496 g/mol. The van der Waals surface area contributed by atoms with Gasteiger partial charge in [0.2, 0.25) is 0 Å². The second-order valence-electron chi connectivity index (χ2n) is 8.10. The first kappa shape index (κ1) is 23.8. The number of hydrogen-bond acceptors (Lipinski definition) is 5. The van der Waals surface area contributed by atoms with Gasteiger partial charge in [0.15, 0.2) is 0 Å². The molecule has 0 bridgehead atoms. The molecule has 1 aliphatic rings. The Labute approximate surface area is 208 Å². The molecule has 2 N–H and O–H groups in total. The molecule has 4 rings (SSSR count). The number of hydrogen-bond donors (Lipinski definition) is 2. The van der Waals surface area contributed by atoms with Crippen molar-refractivity contribution in [2.24, 2.45) is 0 Å². The lowest BCUT2D eigenvalue weighted by Crippen LogP contribution is -2.12. The van der Waals surface area contributed by atoms with Crippen LogP contribution in [0.2, 0.25) is 10.0 Å². The zero-order chi connectivity index (χ0) is 24.4. The number of benzene rings is 3. The molecule has 1 amide bonds. The summed E-state index contributed by atoms with van der Waals surface area (Å²) in [5.74, 6) is -0.761. The minimum Gasteiger partial charge on any atom is -0.465 e. The summed E-state index contributed by atoms with van der Waals surface area (Å²) >= 11 is 13.1. The Balaban J connectivity index is 1.84. The van der Waals surface area contributed by atoms with Crippen LogP contribution >= 0.6 is 23.2 Å². The Hall–Kier alpha value is -3.32. The quantitative estimate of drug-likeness (QED) is 0.335. The summed E-state index contributed by atoms with van der Waals surface area (Å²) in [5, 5.41) is 7.27. The van der Waals surface area contributed by atoms with Gasteiger partial charge in [-0.05, 0) is 43.9 Å². The molecule has 1 aliphatic heterocycles. The Bertz CT molecular complexity index is 1280. The summed E-state index contributed by atoms with van der Waals surface area (Å²) in [5.41, 5.74) is 4.89. The van der Waals surface area contributed by atoms with Crippen molar-refractivity contribution < 1.29 is 14.3 Å². The molecule has 8 heteroatoms. The maximum absolute atomic E-state index is 13.1. The van der Waals surface area contributed by atoms with E-state index in [1.54, 1.807) is 30.3 Å². The highest BCUT2D eigenvalue weighted by Gasteiger charge is 2.29. The van der Waals surface area contributed by atoms with Crippen LogP contribution in [0.4, 0.5) is 11.4 Å². The molecule has 0 unspecified atom stereocenters. The van der Waals surface area contributed by atoms with Crippen LogP contribution in [0.1, 0.15) is 27.0 Å². The zero-order valence-corrected chi connectivity index (χ0v) is 20.4. The number of nitrogens with one attached hydrogen (secondary N) is 2. The second kappa shape index (κ2) is 9.89. The third-order valence-electron chi connectivity index (χ3n) is 5.38. The summed E-state index contributed by atoms with van der Waals surface area (Å²) in [6, 6.07) is 18.1. The van der Waals surface area contributed by atoms with Gasteiger partial charge in [0, 0.05) is 33.4 Å².